The Bertz CT molecular complexity index is 677. The molecule has 1 saturated heterocycles. The van der Waals surface area contributed by atoms with E-state index in [1.165, 1.54) is 17.0 Å². The molecule has 1 aliphatic heterocycles. The van der Waals surface area contributed by atoms with E-state index in [2.05, 4.69) is 15.6 Å². The molecule has 0 aromatic heterocycles. The molecule has 1 heterocycles. The second kappa shape index (κ2) is 10.0. The van der Waals surface area contributed by atoms with Gasteiger partial charge in [-0.15, -0.1) is 0 Å². The van der Waals surface area contributed by atoms with E-state index in [-0.39, 0.29) is 24.9 Å². The van der Waals surface area contributed by atoms with Crippen LogP contribution in [0, 0.1) is 0 Å². The summed E-state index contributed by atoms with van der Waals surface area (Å²) in [6, 6.07) is 6.00. The van der Waals surface area contributed by atoms with Crippen molar-refractivity contribution < 1.29 is 31.1 Å². The Balaban J connectivity index is 1.92. The van der Waals surface area contributed by atoms with Gasteiger partial charge in [-0.1, -0.05) is 12.1 Å². The summed E-state index contributed by atoms with van der Waals surface area (Å²) in [6.45, 7) is 0.869. The van der Waals surface area contributed by atoms with Crippen molar-refractivity contribution in [2.24, 2.45) is 4.99 Å². The Morgan fingerprint density at radius 1 is 1.21 bits per heavy atom. The predicted octanol–water partition coefficient (Wildman–Crippen LogP) is 3.32. The number of hydrogen-bond donors (Lipinski definition) is 2. The van der Waals surface area contributed by atoms with Crippen LogP contribution in [0.4, 0.5) is 26.3 Å². The summed E-state index contributed by atoms with van der Waals surface area (Å²) in [4.78, 5) is 5.71. The summed E-state index contributed by atoms with van der Waals surface area (Å²) in [6.07, 6.45) is -8.09. The molecule has 164 valence electrons. The second-order valence-electron chi connectivity index (χ2n) is 6.73. The highest BCUT2D eigenvalue weighted by Gasteiger charge is 2.34. The Labute approximate surface area is 165 Å². The van der Waals surface area contributed by atoms with E-state index in [0.29, 0.717) is 31.0 Å². The Morgan fingerprint density at radius 2 is 1.97 bits per heavy atom. The summed E-state index contributed by atoms with van der Waals surface area (Å²) >= 11 is 0. The van der Waals surface area contributed by atoms with Gasteiger partial charge in [0.1, 0.15) is 5.75 Å². The fourth-order valence-electron chi connectivity index (χ4n) is 2.93. The monoisotopic (exact) mass is 426 g/mol. The molecule has 0 saturated carbocycles. The van der Waals surface area contributed by atoms with Crippen LogP contribution in [0.2, 0.25) is 0 Å². The van der Waals surface area contributed by atoms with Gasteiger partial charge in [0.2, 0.25) is 0 Å². The lowest BCUT2D eigenvalue weighted by molar-refractivity contribution is -0.153. The summed E-state index contributed by atoms with van der Waals surface area (Å²) < 4.78 is 79.0. The number of likely N-dealkylation sites (tertiary alicyclic amines) is 1. The van der Waals surface area contributed by atoms with Crippen molar-refractivity contribution in [2.45, 2.75) is 38.3 Å². The molecule has 0 bridgehead atoms. The van der Waals surface area contributed by atoms with Gasteiger partial charge in [0.15, 0.2) is 12.6 Å². The van der Waals surface area contributed by atoms with Crippen LogP contribution in [0.1, 0.15) is 18.9 Å². The molecule has 2 N–H and O–H groups in total. The highest BCUT2D eigenvalue weighted by Crippen LogP contribution is 2.21. The lowest BCUT2D eigenvalue weighted by Gasteiger charge is -2.19. The van der Waals surface area contributed by atoms with Gasteiger partial charge in [0, 0.05) is 25.7 Å². The number of hydrogen-bond acceptors (Lipinski definition) is 3. The molecule has 0 spiro atoms. The number of nitrogens with one attached hydrogen (secondary N) is 2. The van der Waals surface area contributed by atoms with Crippen LogP contribution in [0.5, 0.6) is 5.75 Å². The maximum Gasteiger partial charge on any atom is 0.422 e. The molecule has 1 aliphatic rings. The fourth-order valence-corrected chi connectivity index (χ4v) is 2.93. The van der Waals surface area contributed by atoms with Gasteiger partial charge in [-0.05, 0) is 31.0 Å². The maximum atomic E-state index is 12.5. The van der Waals surface area contributed by atoms with Crippen LogP contribution in [-0.2, 0) is 6.54 Å². The van der Waals surface area contributed by atoms with Crippen molar-refractivity contribution in [1.29, 1.82) is 0 Å². The first-order valence-electron chi connectivity index (χ1n) is 9.16. The summed E-state index contributed by atoms with van der Waals surface area (Å²) in [5.41, 5.74) is 0.645. The molecule has 1 aromatic carbocycles. The molecule has 2 rings (SSSR count). The van der Waals surface area contributed by atoms with Gasteiger partial charge >= 0.3 is 12.4 Å². The van der Waals surface area contributed by atoms with Crippen LogP contribution in [-0.4, -0.2) is 62.0 Å². The van der Waals surface area contributed by atoms with E-state index >= 15 is 0 Å². The van der Waals surface area contributed by atoms with Gasteiger partial charge < -0.3 is 15.4 Å². The highest BCUT2D eigenvalue weighted by atomic mass is 19.4. The normalized spacial score (nSPS) is 18.7. The lowest BCUT2D eigenvalue weighted by Crippen LogP contribution is -2.45. The molecular weight excluding hydrogens is 402 g/mol. The van der Waals surface area contributed by atoms with Crippen LogP contribution < -0.4 is 15.4 Å². The lowest BCUT2D eigenvalue weighted by atomic mass is 10.2. The molecule has 0 aliphatic carbocycles. The third-order valence-corrected chi connectivity index (χ3v) is 4.08. The van der Waals surface area contributed by atoms with Crippen molar-refractivity contribution in [3.63, 3.8) is 0 Å². The fraction of sp³-hybridized carbons (Fsp3) is 0.611. The number of halogens is 6. The minimum atomic E-state index is -4.42. The minimum absolute atomic E-state index is 0.0894. The molecular formula is C18H24F6N4O. The standard InChI is InChI=1S/C18H24F6N4O/c1-2-25-16(27-14-6-7-28(10-14)11-17(19,20)21)26-9-13-4-3-5-15(8-13)29-12-18(22,23)24/h3-5,8,14H,2,6-7,9-12H2,1H3,(H2,25,26,27). The zero-order valence-corrected chi connectivity index (χ0v) is 15.9. The van der Waals surface area contributed by atoms with Gasteiger partial charge in [-0.2, -0.15) is 26.3 Å². The number of aliphatic imine (C=N–C) groups is 1. The Morgan fingerprint density at radius 3 is 2.62 bits per heavy atom. The first-order chi connectivity index (χ1) is 13.5. The van der Waals surface area contributed by atoms with Crippen molar-refractivity contribution in [3.8, 4) is 5.75 Å². The van der Waals surface area contributed by atoms with E-state index in [4.69, 9.17) is 4.74 Å². The number of benzene rings is 1. The molecule has 11 heteroatoms. The van der Waals surface area contributed by atoms with Crippen molar-refractivity contribution >= 4 is 5.96 Å². The third kappa shape index (κ3) is 9.25. The molecule has 29 heavy (non-hydrogen) atoms. The number of guanidine groups is 1. The average molecular weight is 426 g/mol. The number of alkyl halides is 6. The minimum Gasteiger partial charge on any atom is -0.484 e. The van der Waals surface area contributed by atoms with Crippen molar-refractivity contribution in [1.82, 2.24) is 15.5 Å². The predicted molar refractivity (Wildman–Crippen MR) is 96.8 cm³/mol. The molecule has 1 unspecified atom stereocenters. The van der Waals surface area contributed by atoms with E-state index in [1.807, 2.05) is 6.92 Å². The number of rotatable bonds is 7. The highest BCUT2D eigenvalue weighted by molar-refractivity contribution is 5.80. The smallest absolute Gasteiger partial charge is 0.422 e. The van der Waals surface area contributed by atoms with Crippen LogP contribution >= 0.6 is 0 Å². The largest absolute Gasteiger partial charge is 0.484 e. The van der Waals surface area contributed by atoms with E-state index < -0.39 is 25.5 Å². The average Bonchev–Trinajstić information content (AvgIpc) is 3.03. The molecule has 1 fully saturated rings. The molecule has 1 aromatic rings. The summed E-state index contributed by atoms with van der Waals surface area (Å²) in [5.74, 6) is 0.527. The van der Waals surface area contributed by atoms with Gasteiger partial charge in [0.25, 0.3) is 0 Å². The van der Waals surface area contributed by atoms with Gasteiger partial charge in [0.05, 0.1) is 13.1 Å². The summed E-state index contributed by atoms with van der Waals surface area (Å²) in [7, 11) is 0. The van der Waals surface area contributed by atoms with Crippen LogP contribution in [0.15, 0.2) is 29.3 Å². The van der Waals surface area contributed by atoms with E-state index in [9.17, 15) is 26.3 Å². The molecule has 1 atom stereocenters. The second-order valence-corrected chi connectivity index (χ2v) is 6.73. The van der Waals surface area contributed by atoms with E-state index in [0.717, 1.165) is 0 Å². The Hall–Kier alpha value is -2.17. The zero-order chi connectivity index (χ0) is 21.5. The molecule has 5 nitrogen and oxygen atoms in total. The zero-order valence-electron chi connectivity index (χ0n) is 15.9. The first kappa shape index (κ1) is 23.1. The number of ether oxygens (including phenoxy) is 1. The molecule has 0 amide bonds. The van der Waals surface area contributed by atoms with Gasteiger partial charge in [-0.25, -0.2) is 4.99 Å². The van der Waals surface area contributed by atoms with Crippen LogP contribution in [0.3, 0.4) is 0 Å². The maximum absolute atomic E-state index is 12.5. The quantitative estimate of drug-likeness (QED) is 0.399. The van der Waals surface area contributed by atoms with Crippen molar-refractivity contribution in [2.75, 3.05) is 32.8 Å². The third-order valence-electron chi connectivity index (χ3n) is 4.08. The van der Waals surface area contributed by atoms with Gasteiger partial charge in [-0.3, -0.25) is 4.90 Å². The molecule has 0 radical (unpaired) electrons. The summed E-state index contributed by atoms with van der Waals surface area (Å²) in [5, 5.41) is 6.13. The van der Waals surface area contributed by atoms with E-state index in [1.54, 1.807) is 12.1 Å². The first-order valence-corrected chi connectivity index (χ1v) is 9.16. The van der Waals surface area contributed by atoms with Crippen molar-refractivity contribution in [3.05, 3.63) is 29.8 Å². The Kier molecular flexibility index (Phi) is 8.00. The topological polar surface area (TPSA) is 48.9 Å². The number of nitrogens with zero attached hydrogens (tertiary/aromatic N) is 2. The SMILES string of the molecule is CCNC(=NCc1cccc(OCC(F)(F)F)c1)NC1CCN(CC(F)(F)F)C1. The van der Waals surface area contributed by atoms with Crippen LogP contribution in [0.25, 0.3) is 0 Å².